The Hall–Kier alpha value is -3.69. The van der Waals surface area contributed by atoms with Gasteiger partial charge >= 0.3 is 0 Å². The Balaban J connectivity index is 1.60. The molecule has 9 nitrogen and oxygen atoms in total. The van der Waals surface area contributed by atoms with E-state index in [-0.39, 0.29) is 5.57 Å². The third-order valence-corrected chi connectivity index (χ3v) is 6.79. The zero-order chi connectivity index (χ0) is 24.5. The molecular weight excluding hydrogens is 448 g/mol. The molecule has 2 aromatic heterocycles. The van der Waals surface area contributed by atoms with Gasteiger partial charge in [0.2, 0.25) is 5.78 Å². The summed E-state index contributed by atoms with van der Waals surface area (Å²) in [6.07, 6.45) is 1.74. The molecule has 1 aromatic carbocycles. The maximum absolute atomic E-state index is 13.9. The van der Waals surface area contributed by atoms with Gasteiger partial charge in [-0.15, -0.1) is 0 Å². The van der Waals surface area contributed by atoms with Gasteiger partial charge in [0.15, 0.2) is 0 Å². The average Bonchev–Trinajstić information content (AvgIpc) is 3.35. The van der Waals surface area contributed by atoms with Crippen molar-refractivity contribution in [2.24, 2.45) is 0 Å². The van der Waals surface area contributed by atoms with Crippen LogP contribution in [-0.4, -0.2) is 72.5 Å². The first-order chi connectivity index (χ1) is 17.0. The topological polar surface area (TPSA) is 101 Å². The summed E-state index contributed by atoms with van der Waals surface area (Å²) in [5, 5.41) is 13.9. The van der Waals surface area contributed by atoms with Crippen LogP contribution in [0.2, 0.25) is 0 Å². The summed E-state index contributed by atoms with van der Waals surface area (Å²) in [5.41, 5.74) is 2.08. The van der Waals surface area contributed by atoms with Gasteiger partial charge in [0, 0.05) is 11.8 Å². The standard InChI is InChI=1S/C26H28N4O5/c1-17-22(29-10-4-3-5-20(29)27-17)24(31)21-23(18-6-8-19(34-2)9-7-18)30(26(33)25(21)32)12-11-28-13-15-35-16-14-28/h3-10,23,31H,11-16H2,1-2H3. The van der Waals surface area contributed by atoms with Crippen molar-refractivity contribution in [3.63, 3.8) is 0 Å². The highest BCUT2D eigenvalue weighted by atomic mass is 16.5. The van der Waals surface area contributed by atoms with E-state index in [2.05, 4.69) is 4.98 Å². The number of ketones is 1. The van der Waals surface area contributed by atoms with Crippen molar-refractivity contribution in [1.29, 1.82) is 0 Å². The van der Waals surface area contributed by atoms with E-state index in [9.17, 15) is 14.7 Å². The van der Waals surface area contributed by atoms with Crippen molar-refractivity contribution in [2.75, 3.05) is 46.5 Å². The van der Waals surface area contributed by atoms with Crippen LogP contribution in [0.4, 0.5) is 0 Å². The third-order valence-electron chi connectivity index (χ3n) is 6.79. The maximum Gasteiger partial charge on any atom is 0.295 e. The summed E-state index contributed by atoms with van der Waals surface area (Å²) in [5.74, 6) is -1.22. The van der Waals surface area contributed by atoms with Gasteiger partial charge in [0.1, 0.15) is 24.5 Å². The number of fused-ring (bicyclic) bond motifs is 1. The predicted octanol–water partition coefficient (Wildman–Crippen LogP) is -0.210. The number of nitrogens with zero attached hydrogens (tertiary/aromatic N) is 3. The lowest BCUT2D eigenvalue weighted by atomic mass is 9.96. The highest BCUT2D eigenvalue weighted by molar-refractivity contribution is 6.46. The molecule has 0 bridgehead atoms. The Morgan fingerprint density at radius 1 is 1.17 bits per heavy atom. The number of pyridine rings is 1. The third kappa shape index (κ3) is 4.17. The zero-order valence-corrected chi connectivity index (χ0v) is 19.8. The van der Waals surface area contributed by atoms with Gasteiger partial charge in [0.25, 0.3) is 5.91 Å². The average molecular weight is 477 g/mol. The number of nitrogens with one attached hydrogen (secondary N) is 1. The second kappa shape index (κ2) is 9.52. The van der Waals surface area contributed by atoms with Crippen LogP contribution in [0.5, 0.6) is 5.75 Å². The van der Waals surface area contributed by atoms with E-state index in [0.717, 1.165) is 13.1 Å². The van der Waals surface area contributed by atoms with E-state index in [4.69, 9.17) is 9.47 Å². The molecule has 182 valence electrons. The second-order valence-corrected chi connectivity index (χ2v) is 8.83. The first-order valence-corrected chi connectivity index (χ1v) is 11.8. The first-order valence-electron chi connectivity index (χ1n) is 11.8. The first kappa shape index (κ1) is 23.1. The Bertz CT molecular complexity index is 1290. The molecule has 2 aliphatic heterocycles. The number of amides is 1. The van der Waals surface area contributed by atoms with E-state index in [1.807, 2.05) is 6.07 Å². The number of ether oxygens (including phenoxy) is 2. The number of methoxy groups -OCH3 is 1. The highest BCUT2D eigenvalue weighted by Crippen LogP contribution is 2.39. The van der Waals surface area contributed by atoms with Crippen molar-refractivity contribution >= 4 is 23.1 Å². The molecule has 2 aliphatic rings. The SMILES string of the molecule is COc1ccc(C2C(=C([O-])c3c(C)nc4ccccn34)C(=O)C(=O)N2CC[NH+]2CCOCC2)cc1. The van der Waals surface area contributed by atoms with Crippen molar-refractivity contribution in [2.45, 2.75) is 13.0 Å². The van der Waals surface area contributed by atoms with E-state index in [1.165, 1.54) is 4.90 Å². The lowest BCUT2D eigenvalue weighted by molar-refractivity contribution is -0.907. The Kier molecular flexibility index (Phi) is 6.27. The van der Waals surface area contributed by atoms with Gasteiger partial charge in [-0.25, -0.2) is 4.98 Å². The fourth-order valence-electron chi connectivity index (χ4n) is 4.94. The maximum atomic E-state index is 13.9. The zero-order valence-electron chi connectivity index (χ0n) is 19.8. The van der Waals surface area contributed by atoms with Gasteiger partial charge in [-0.05, 0) is 36.8 Å². The Morgan fingerprint density at radius 2 is 1.91 bits per heavy atom. The molecule has 0 aliphatic carbocycles. The van der Waals surface area contributed by atoms with Crippen LogP contribution >= 0.6 is 0 Å². The molecule has 2 fully saturated rings. The number of hydrogen-bond donors (Lipinski definition) is 1. The number of carbonyl (C=O) groups excluding carboxylic acids is 2. The number of hydrogen-bond acceptors (Lipinski definition) is 6. The Labute approximate surface area is 203 Å². The normalized spacial score (nSPS) is 20.6. The van der Waals surface area contributed by atoms with Gasteiger partial charge in [-0.2, -0.15) is 0 Å². The number of morpholine rings is 1. The number of benzene rings is 1. The molecule has 1 amide bonds. The minimum absolute atomic E-state index is 0.0362. The molecule has 3 aromatic rings. The van der Waals surface area contributed by atoms with Crippen molar-refractivity contribution in [1.82, 2.24) is 14.3 Å². The van der Waals surface area contributed by atoms with Crippen molar-refractivity contribution < 1.29 is 29.1 Å². The molecule has 0 saturated carbocycles. The number of aromatic nitrogens is 2. The van der Waals surface area contributed by atoms with E-state index >= 15 is 0 Å². The molecule has 1 unspecified atom stereocenters. The minimum Gasteiger partial charge on any atom is -0.871 e. The molecule has 4 heterocycles. The van der Waals surface area contributed by atoms with Gasteiger partial charge in [-0.3, -0.25) is 9.59 Å². The van der Waals surface area contributed by atoms with Crippen molar-refractivity contribution in [3.05, 3.63) is 71.2 Å². The molecule has 1 N–H and O–H groups in total. The van der Waals surface area contributed by atoms with Crippen LogP contribution in [0.15, 0.2) is 54.2 Å². The number of imidazole rings is 1. The summed E-state index contributed by atoms with van der Waals surface area (Å²) >= 11 is 0. The fourth-order valence-corrected chi connectivity index (χ4v) is 4.94. The number of aryl methyl sites for hydroxylation is 1. The summed E-state index contributed by atoms with van der Waals surface area (Å²) in [6.45, 7) is 5.81. The van der Waals surface area contributed by atoms with Crippen LogP contribution < -0.4 is 14.7 Å². The highest BCUT2D eigenvalue weighted by Gasteiger charge is 2.44. The molecule has 5 rings (SSSR count). The molecular formula is C26H28N4O5. The second-order valence-electron chi connectivity index (χ2n) is 8.83. The summed E-state index contributed by atoms with van der Waals surface area (Å²) in [4.78, 5) is 33.9. The molecule has 2 saturated heterocycles. The lowest BCUT2D eigenvalue weighted by Crippen LogP contribution is -3.14. The Morgan fingerprint density at radius 3 is 2.63 bits per heavy atom. The molecule has 35 heavy (non-hydrogen) atoms. The fraction of sp³-hybridized carbons (Fsp3) is 0.346. The van der Waals surface area contributed by atoms with E-state index in [1.54, 1.807) is 65.9 Å². The monoisotopic (exact) mass is 476 g/mol. The predicted molar refractivity (Wildman–Crippen MR) is 126 cm³/mol. The van der Waals surface area contributed by atoms with Crippen LogP contribution in [0, 0.1) is 6.92 Å². The van der Waals surface area contributed by atoms with Gasteiger partial charge in [0.05, 0.1) is 50.8 Å². The lowest BCUT2D eigenvalue weighted by Gasteiger charge is -2.30. The summed E-state index contributed by atoms with van der Waals surface area (Å²) < 4.78 is 12.4. The number of carbonyl (C=O) groups is 2. The van der Waals surface area contributed by atoms with E-state index in [0.29, 0.717) is 54.7 Å². The molecule has 9 heteroatoms. The number of quaternary nitrogens is 1. The van der Waals surface area contributed by atoms with Crippen LogP contribution in [0.3, 0.4) is 0 Å². The smallest absolute Gasteiger partial charge is 0.295 e. The number of rotatable bonds is 6. The van der Waals surface area contributed by atoms with Crippen LogP contribution in [0.25, 0.3) is 11.4 Å². The number of Topliss-reactive ketones (excluding diaryl/α,β-unsaturated/α-hetero) is 1. The summed E-state index contributed by atoms with van der Waals surface area (Å²) in [6, 6.07) is 11.8. The van der Waals surface area contributed by atoms with E-state index < -0.39 is 23.5 Å². The van der Waals surface area contributed by atoms with Crippen molar-refractivity contribution in [3.8, 4) is 5.75 Å². The van der Waals surface area contributed by atoms with Crippen LogP contribution in [0.1, 0.15) is 23.0 Å². The molecule has 0 spiro atoms. The van der Waals surface area contributed by atoms with Gasteiger partial charge < -0.3 is 28.8 Å². The molecule has 0 radical (unpaired) electrons. The largest absolute Gasteiger partial charge is 0.871 e. The molecule has 1 atom stereocenters. The van der Waals surface area contributed by atoms with Crippen LogP contribution in [-0.2, 0) is 14.3 Å². The quantitative estimate of drug-likeness (QED) is 0.300. The van der Waals surface area contributed by atoms with Gasteiger partial charge in [-0.1, -0.05) is 24.0 Å². The number of likely N-dealkylation sites (tertiary alicyclic amines) is 1. The summed E-state index contributed by atoms with van der Waals surface area (Å²) in [7, 11) is 1.57. The minimum atomic E-state index is -0.775.